The number of hydrogen-bond donors (Lipinski definition) is 1. The average Bonchev–Trinajstić information content (AvgIpc) is 3.35. The zero-order chi connectivity index (χ0) is 19.7. The first-order valence-corrected chi connectivity index (χ1v) is 9.47. The van der Waals surface area contributed by atoms with Gasteiger partial charge < -0.3 is 10.6 Å². The Hall–Kier alpha value is -2.70. The summed E-state index contributed by atoms with van der Waals surface area (Å²) in [7, 11) is 0. The molecule has 0 aliphatic carbocycles. The van der Waals surface area contributed by atoms with Gasteiger partial charge in [-0.05, 0) is 56.1 Å². The van der Waals surface area contributed by atoms with Crippen LogP contribution in [-0.4, -0.2) is 40.2 Å². The highest BCUT2D eigenvalue weighted by molar-refractivity contribution is 6.00. The van der Waals surface area contributed by atoms with Gasteiger partial charge in [0.2, 0.25) is 0 Å². The van der Waals surface area contributed by atoms with Gasteiger partial charge in [-0.15, -0.1) is 12.4 Å². The van der Waals surface area contributed by atoms with E-state index in [9.17, 15) is 9.18 Å². The van der Waals surface area contributed by atoms with Crippen molar-refractivity contribution < 1.29 is 9.18 Å². The summed E-state index contributed by atoms with van der Waals surface area (Å²) in [5, 5.41) is 4.68. The number of nitrogens with two attached hydrogens (primary N) is 1. The van der Waals surface area contributed by atoms with Crippen LogP contribution in [0.3, 0.4) is 0 Å². The predicted octanol–water partition coefficient (Wildman–Crippen LogP) is 3.83. The summed E-state index contributed by atoms with van der Waals surface area (Å²) >= 11 is 0. The first-order valence-electron chi connectivity index (χ1n) is 9.47. The lowest BCUT2D eigenvalue weighted by Gasteiger charge is -2.16. The van der Waals surface area contributed by atoms with Gasteiger partial charge >= 0.3 is 0 Å². The van der Waals surface area contributed by atoms with Gasteiger partial charge in [0.25, 0.3) is 5.91 Å². The van der Waals surface area contributed by atoms with Gasteiger partial charge in [-0.25, -0.2) is 9.07 Å². The molecule has 152 valence electrons. The van der Waals surface area contributed by atoms with Gasteiger partial charge in [-0.3, -0.25) is 4.79 Å². The van der Waals surface area contributed by atoms with Gasteiger partial charge in [-0.1, -0.05) is 23.8 Å². The molecule has 1 saturated heterocycles. The van der Waals surface area contributed by atoms with Crippen molar-refractivity contribution in [3.63, 3.8) is 0 Å². The van der Waals surface area contributed by atoms with Gasteiger partial charge in [0, 0.05) is 24.8 Å². The number of amides is 1. The smallest absolute Gasteiger partial charge is 0.257 e. The molecule has 0 bridgehead atoms. The number of carbonyl (C=O) groups is 1. The molecule has 3 aromatic rings. The average molecular weight is 415 g/mol. The largest absolute Gasteiger partial charge is 0.338 e. The number of carbonyl (C=O) groups excluding carboxylic acids is 1. The lowest BCUT2D eigenvalue weighted by Crippen LogP contribution is -2.30. The van der Waals surface area contributed by atoms with Gasteiger partial charge in [0.05, 0.1) is 11.3 Å². The van der Waals surface area contributed by atoms with E-state index in [-0.39, 0.29) is 24.1 Å². The second-order valence-corrected chi connectivity index (χ2v) is 7.32. The van der Waals surface area contributed by atoms with E-state index in [0.29, 0.717) is 42.5 Å². The zero-order valence-electron chi connectivity index (χ0n) is 16.2. The third-order valence-corrected chi connectivity index (χ3v) is 5.23. The predicted molar refractivity (Wildman–Crippen MR) is 114 cm³/mol. The molecular weight excluding hydrogens is 391 g/mol. The van der Waals surface area contributed by atoms with Crippen molar-refractivity contribution in [3.8, 4) is 16.9 Å². The van der Waals surface area contributed by atoms with Crippen molar-refractivity contribution in [1.82, 2.24) is 14.7 Å². The quantitative estimate of drug-likeness (QED) is 0.705. The molecule has 1 aromatic heterocycles. The maximum Gasteiger partial charge on any atom is 0.257 e. The van der Waals surface area contributed by atoms with Crippen LogP contribution in [0.4, 0.5) is 4.39 Å². The summed E-state index contributed by atoms with van der Waals surface area (Å²) in [5.41, 5.74) is 9.65. The Balaban J connectivity index is 0.00000240. The monoisotopic (exact) mass is 414 g/mol. The topological polar surface area (TPSA) is 64.2 Å². The van der Waals surface area contributed by atoms with Crippen LogP contribution in [0.5, 0.6) is 0 Å². The second-order valence-electron chi connectivity index (χ2n) is 7.32. The van der Waals surface area contributed by atoms with Crippen molar-refractivity contribution in [2.45, 2.75) is 13.3 Å². The molecule has 5 nitrogen and oxygen atoms in total. The first kappa shape index (κ1) is 21.0. The minimum absolute atomic E-state index is 0. The van der Waals surface area contributed by atoms with Gasteiger partial charge in [0.1, 0.15) is 11.5 Å². The maximum absolute atomic E-state index is 13.3. The van der Waals surface area contributed by atoms with Crippen LogP contribution >= 0.6 is 12.4 Å². The number of aromatic nitrogens is 2. The first-order chi connectivity index (χ1) is 13.5. The van der Waals surface area contributed by atoms with E-state index in [1.165, 1.54) is 12.1 Å². The molecule has 1 aliphatic rings. The minimum Gasteiger partial charge on any atom is -0.338 e. The third kappa shape index (κ3) is 4.33. The van der Waals surface area contributed by atoms with E-state index in [0.717, 1.165) is 17.5 Å². The van der Waals surface area contributed by atoms with Crippen molar-refractivity contribution in [3.05, 3.63) is 71.7 Å². The summed E-state index contributed by atoms with van der Waals surface area (Å²) in [6.07, 6.45) is 2.66. The van der Waals surface area contributed by atoms with E-state index in [1.54, 1.807) is 23.0 Å². The van der Waals surface area contributed by atoms with E-state index in [4.69, 9.17) is 5.73 Å². The van der Waals surface area contributed by atoms with Crippen molar-refractivity contribution in [2.75, 3.05) is 19.6 Å². The summed E-state index contributed by atoms with van der Waals surface area (Å²) in [5.74, 6) is -0.00432. The van der Waals surface area contributed by atoms with Crippen LogP contribution < -0.4 is 5.73 Å². The Labute approximate surface area is 175 Å². The molecular formula is C22H24ClFN4O. The Morgan fingerprint density at radius 1 is 1.24 bits per heavy atom. The zero-order valence-corrected chi connectivity index (χ0v) is 17.0. The molecule has 2 N–H and O–H groups in total. The fourth-order valence-corrected chi connectivity index (χ4v) is 3.64. The fraction of sp³-hybridized carbons (Fsp3) is 0.273. The second kappa shape index (κ2) is 8.76. The molecule has 7 heteroatoms. The molecule has 1 amide bonds. The Morgan fingerprint density at radius 3 is 2.66 bits per heavy atom. The van der Waals surface area contributed by atoms with E-state index >= 15 is 0 Å². The highest BCUT2D eigenvalue weighted by Gasteiger charge is 2.29. The molecule has 29 heavy (non-hydrogen) atoms. The molecule has 1 unspecified atom stereocenters. The van der Waals surface area contributed by atoms with Crippen molar-refractivity contribution >= 4 is 18.3 Å². The number of nitrogens with zero attached hydrogens (tertiary/aromatic N) is 3. The highest BCUT2D eigenvalue weighted by Crippen LogP contribution is 2.27. The van der Waals surface area contributed by atoms with Crippen LogP contribution in [0.1, 0.15) is 22.3 Å². The summed E-state index contributed by atoms with van der Waals surface area (Å²) < 4.78 is 14.9. The molecule has 0 spiro atoms. The third-order valence-electron chi connectivity index (χ3n) is 5.23. The van der Waals surface area contributed by atoms with Gasteiger partial charge in [0.15, 0.2) is 0 Å². The van der Waals surface area contributed by atoms with E-state index in [1.807, 2.05) is 36.1 Å². The van der Waals surface area contributed by atoms with E-state index in [2.05, 4.69) is 5.10 Å². The van der Waals surface area contributed by atoms with Crippen LogP contribution in [0, 0.1) is 18.7 Å². The standard InChI is InChI=1S/C22H23FN4O.ClH/c1-15-3-2-4-17(11-15)21-20(22(28)26-10-9-16(12-24)13-26)14-27(25-21)19-7-5-18(23)6-8-19;/h2-8,11,14,16H,9-10,12-13,24H2,1H3;1H. The van der Waals surface area contributed by atoms with E-state index < -0.39 is 0 Å². The highest BCUT2D eigenvalue weighted by atomic mass is 35.5. The molecule has 0 saturated carbocycles. The van der Waals surface area contributed by atoms with Crippen molar-refractivity contribution in [2.24, 2.45) is 11.7 Å². The SMILES string of the molecule is Cc1cccc(-c2nn(-c3ccc(F)cc3)cc2C(=O)N2CCC(CN)C2)c1.Cl. The number of halogens is 2. The van der Waals surface area contributed by atoms with Gasteiger partial charge in [-0.2, -0.15) is 5.10 Å². The Morgan fingerprint density at radius 2 is 2.00 bits per heavy atom. The lowest BCUT2D eigenvalue weighted by molar-refractivity contribution is 0.0788. The molecule has 1 aliphatic heterocycles. The molecule has 1 fully saturated rings. The normalized spacial score (nSPS) is 16.0. The molecule has 0 radical (unpaired) electrons. The summed E-state index contributed by atoms with van der Waals surface area (Å²) in [6.45, 7) is 3.97. The molecule has 2 aromatic carbocycles. The van der Waals surface area contributed by atoms with Crippen LogP contribution in [-0.2, 0) is 0 Å². The Kier molecular flexibility index (Phi) is 6.35. The number of aryl methyl sites for hydroxylation is 1. The number of hydrogen-bond acceptors (Lipinski definition) is 3. The minimum atomic E-state index is -0.309. The van der Waals surface area contributed by atoms with Crippen LogP contribution in [0.2, 0.25) is 0 Å². The van der Waals surface area contributed by atoms with Crippen LogP contribution in [0.15, 0.2) is 54.7 Å². The summed E-state index contributed by atoms with van der Waals surface area (Å²) in [4.78, 5) is 15.1. The maximum atomic E-state index is 13.3. The molecule has 1 atom stereocenters. The number of benzene rings is 2. The molecule has 2 heterocycles. The molecule has 4 rings (SSSR count). The van der Waals surface area contributed by atoms with Crippen molar-refractivity contribution in [1.29, 1.82) is 0 Å². The summed E-state index contributed by atoms with van der Waals surface area (Å²) in [6, 6.07) is 14.0. The number of likely N-dealkylation sites (tertiary alicyclic amines) is 1. The Bertz CT molecular complexity index is 1000. The lowest BCUT2D eigenvalue weighted by atomic mass is 10.1. The number of rotatable bonds is 4. The van der Waals surface area contributed by atoms with Crippen LogP contribution in [0.25, 0.3) is 16.9 Å². The fourth-order valence-electron chi connectivity index (χ4n) is 3.64.